The van der Waals surface area contributed by atoms with Crippen LogP contribution in [0.5, 0.6) is 5.88 Å². The van der Waals surface area contributed by atoms with E-state index in [-0.39, 0.29) is 17.1 Å². The summed E-state index contributed by atoms with van der Waals surface area (Å²) < 4.78 is 42.7. The van der Waals surface area contributed by atoms with E-state index in [0.29, 0.717) is 11.4 Å². The second-order valence-corrected chi connectivity index (χ2v) is 5.94. The molecule has 0 unspecified atom stereocenters. The van der Waals surface area contributed by atoms with Crippen LogP contribution in [0.4, 0.5) is 13.2 Å². The van der Waals surface area contributed by atoms with Crippen molar-refractivity contribution in [3.8, 4) is 11.7 Å². The maximum absolute atomic E-state index is 12.3. The summed E-state index contributed by atoms with van der Waals surface area (Å²) in [6, 6.07) is 6.43. The van der Waals surface area contributed by atoms with Gasteiger partial charge >= 0.3 is 6.18 Å². The van der Waals surface area contributed by atoms with E-state index in [2.05, 4.69) is 25.1 Å². The number of halogens is 4. The third kappa shape index (κ3) is 4.97. The standard InChI is InChI=1S/C17H13ClF3N5O2/c18-13-7-12(9-24-16(13)28-10-17(19,20)21)15(27)23-8-11-3-1-4-22-14(11)26-6-2-5-25-26/h1-7,9H,8,10H2,(H,23,27). The highest BCUT2D eigenvalue weighted by molar-refractivity contribution is 6.32. The van der Waals surface area contributed by atoms with Crippen molar-refractivity contribution in [2.24, 2.45) is 0 Å². The average Bonchev–Trinajstić information content (AvgIpc) is 3.19. The first-order valence-electron chi connectivity index (χ1n) is 7.91. The predicted octanol–water partition coefficient (Wildman–Crippen LogP) is 3.19. The molecule has 0 fully saturated rings. The molecule has 3 rings (SSSR count). The van der Waals surface area contributed by atoms with Crippen molar-refractivity contribution in [1.82, 2.24) is 25.1 Å². The Balaban J connectivity index is 1.67. The number of carbonyl (C=O) groups excluding carboxylic acids is 1. The van der Waals surface area contributed by atoms with E-state index in [1.54, 1.807) is 41.5 Å². The SMILES string of the molecule is O=C(NCc1cccnc1-n1cccn1)c1cnc(OCC(F)(F)F)c(Cl)c1. The molecule has 28 heavy (non-hydrogen) atoms. The number of pyridine rings is 2. The summed E-state index contributed by atoms with van der Waals surface area (Å²) in [5, 5.41) is 6.59. The molecule has 3 aromatic rings. The fourth-order valence-corrected chi connectivity index (χ4v) is 2.47. The average molecular weight is 412 g/mol. The number of aromatic nitrogens is 4. The Bertz CT molecular complexity index is 964. The maximum Gasteiger partial charge on any atom is 0.422 e. The Labute approximate surface area is 162 Å². The Morgan fingerprint density at radius 3 is 2.75 bits per heavy atom. The Hall–Kier alpha value is -3.14. The van der Waals surface area contributed by atoms with Crippen LogP contribution in [0.25, 0.3) is 5.82 Å². The molecule has 0 aromatic carbocycles. The van der Waals surface area contributed by atoms with Crippen LogP contribution in [0.3, 0.4) is 0 Å². The van der Waals surface area contributed by atoms with Crippen molar-refractivity contribution >= 4 is 17.5 Å². The molecule has 146 valence electrons. The lowest BCUT2D eigenvalue weighted by Crippen LogP contribution is -2.24. The van der Waals surface area contributed by atoms with Gasteiger partial charge in [-0.05, 0) is 18.2 Å². The number of nitrogens with one attached hydrogen (secondary N) is 1. The van der Waals surface area contributed by atoms with Crippen LogP contribution < -0.4 is 10.1 Å². The minimum absolute atomic E-state index is 0.0777. The highest BCUT2D eigenvalue weighted by Crippen LogP contribution is 2.25. The molecule has 0 saturated carbocycles. The van der Waals surface area contributed by atoms with Gasteiger partial charge in [0.1, 0.15) is 5.02 Å². The number of hydrogen-bond donors (Lipinski definition) is 1. The second kappa shape index (κ2) is 8.26. The molecule has 1 N–H and O–H groups in total. The predicted molar refractivity (Wildman–Crippen MR) is 93.3 cm³/mol. The van der Waals surface area contributed by atoms with Gasteiger partial charge in [0.2, 0.25) is 5.88 Å². The molecule has 7 nitrogen and oxygen atoms in total. The molecule has 0 radical (unpaired) electrons. The first kappa shape index (κ1) is 19.6. The highest BCUT2D eigenvalue weighted by Gasteiger charge is 2.29. The van der Waals surface area contributed by atoms with Crippen LogP contribution in [-0.4, -0.2) is 38.4 Å². The van der Waals surface area contributed by atoms with Crippen LogP contribution in [0, 0.1) is 0 Å². The Kier molecular flexibility index (Phi) is 5.78. The van der Waals surface area contributed by atoms with Crippen molar-refractivity contribution in [2.75, 3.05) is 6.61 Å². The van der Waals surface area contributed by atoms with Crippen molar-refractivity contribution in [3.05, 3.63) is 65.2 Å². The molecule has 0 atom stereocenters. The summed E-state index contributed by atoms with van der Waals surface area (Å²) in [6.45, 7) is -1.38. The third-order valence-corrected chi connectivity index (χ3v) is 3.74. The molecule has 3 aromatic heterocycles. The summed E-state index contributed by atoms with van der Waals surface area (Å²) in [4.78, 5) is 20.2. The Morgan fingerprint density at radius 1 is 1.25 bits per heavy atom. The lowest BCUT2D eigenvalue weighted by Gasteiger charge is -2.11. The second-order valence-electron chi connectivity index (χ2n) is 5.53. The van der Waals surface area contributed by atoms with Gasteiger partial charge in [0.15, 0.2) is 12.4 Å². The number of ether oxygens (including phenoxy) is 1. The molecule has 0 aliphatic rings. The van der Waals surface area contributed by atoms with Crippen molar-refractivity contribution in [3.63, 3.8) is 0 Å². The van der Waals surface area contributed by atoms with Crippen LogP contribution in [0.1, 0.15) is 15.9 Å². The third-order valence-electron chi connectivity index (χ3n) is 3.47. The van der Waals surface area contributed by atoms with Gasteiger partial charge in [-0.25, -0.2) is 14.6 Å². The smallest absolute Gasteiger partial charge is 0.422 e. The lowest BCUT2D eigenvalue weighted by atomic mass is 10.2. The summed E-state index contributed by atoms with van der Waals surface area (Å²) in [5.41, 5.74) is 0.789. The Morgan fingerprint density at radius 2 is 2.07 bits per heavy atom. The number of amides is 1. The van der Waals surface area contributed by atoms with Gasteiger partial charge in [0.25, 0.3) is 5.91 Å². The number of carbonyl (C=O) groups is 1. The number of rotatable bonds is 6. The van der Waals surface area contributed by atoms with Crippen LogP contribution in [0.15, 0.2) is 49.1 Å². The van der Waals surface area contributed by atoms with Crippen LogP contribution in [0.2, 0.25) is 5.02 Å². The molecule has 0 bridgehead atoms. The van der Waals surface area contributed by atoms with Gasteiger partial charge in [-0.15, -0.1) is 0 Å². The van der Waals surface area contributed by atoms with E-state index in [1.165, 1.54) is 6.07 Å². The number of nitrogens with zero attached hydrogens (tertiary/aromatic N) is 4. The summed E-state index contributed by atoms with van der Waals surface area (Å²) >= 11 is 5.86. The fourth-order valence-electron chi connectivity index (χ4n) is 2.25. The van der Waals surface area contributed by atoms with Crippen molar-refractivity contribution < 1.29 is 22.7 Å². The molecule has 11 heteroatoms. The molecule has 0 spiro atoms. The molecule has 3 heterocycles. The fraction of sp³-hybridized carbons (Fsp3) is 0.176. The van der Waals surface area contributed by atoms with Gasteiger partial charge in [0, 0.05) is 36.9 Å². The van der Waals surface area contributed by atoms with Crippen molar-refractivity contribution in [2.45, 2.75) is 12.7 Å². The molecule has 0 aliphatic heterocycles. The topological polar surface area (TPSA) is 81.9 Å². The lowest BCUT2D eigenvalue weighted by molar-refractivity contribution is -0.154. The van der Waals surface area contributed by atoms with E-state index in [9.17, 15) is 18.0 Å². The molecular weight excluding hydrogens is 399 g/mol. The summed E-state index contributed by atoms with van der Waals surface area (Å²) in [7, 11) is 0. The number of hydrogen-bond acceptors (Lipinski definition) is 5. The van der Waals surface area contributed by atoms with Gasteiger partial charge in [-0.1, -0.05) is 17.7 Å². The largest absolute Gasteiger partial charge is 0.467 e. The minimum Gasteiger partial charge on any atom is -0.467 e. The quantitative estimate of drug-likeness (QED) is 0.673. The zero-order valence-electron chi connectivity index (χ0n) is 14.2. The van der Waals surface area contributed by atoms with Gasteiger partial charge in [-0.3, -0.25) is 4.79 Å². The van der Waals surface area contributed by atoms with Gasteiger partial charge in [-0.2, -0.15) is 18.3 Å². The molecule has 0 saturated heterocycles. The van der Waals surface area contributed by atoms with E-state index in [0.717, 1.165) is 6.20 Å². The summed E-state index contributed by atoms with van der Waals surface area (Å²) in [6.07, 6.45) is 1.50. The molecular formula is C17H13ClF3N5O2. The summed E-state index contributed by atoms with van der Waals surface area (Å²) in [5.74, 6) is -0.351. The minimum atomic E-state index is -4.52. The van der Waals surface area contributed by atoms with Gasteiger partial charge < -0.3 is 10.1 Å². The first-order chi connectivity index (χ1) is 13.3. The zero-order chi connectivity index (χ0) is 20.1. The van der Waals surface area contributed by atoms with E-state index < -0.39 is 24.6 Å². The van der Waals surface area contributed by atoms with Crippen LogP contribution in [-0.2, 0) is 6.54 Å². The first-order valence-corrected chi connectivity index (χ1v) is 8.28. The number of alkyl halides is 3. The van der Waals surface area contributed by atoms with Crippen molar-refractivity contribution in [1.29, 1.82) is 0 Å². The maximum atomic E-state index is 12.3. The molecule has 0 aliphatic carbocycles. The highest BCUT2D eigenvalue weighted by atomic mass is 35.5. The van der Waals surface area contributed by atoms with E-state index in [1.807, 2.05) is 0 Å². The zero-order valence-corrected chi connectivity index (χ0v) is 14.9. The van der Waals surface area contributed by atoms with E-state index in [4.69, 9.17) is 11.6 Å². The van der Waals surface area contributed by atoms with E-state index >= 15 is 0 Å². The van der Waals surface area contributed by atoms with Gasteiger partial charge in [0.05, 0.1) is 5.56 Å². The molecule has 1 amide bonds. The van der Waals surface area contributed by atoms with Crippen LogP contribution >= 0.6 is 11.6 Å². The monoisotopic (exact) mass is 411 g/mol. The normalized spacial score (nSPS) is 11.3.